The first-order chi connectivity index (χ1) is 31.1. The van der Waals surface area contributed by atoms with Gasteiger partial charge in [-0.25, -0.2) is 0 Å². The van der Waals surface area contributed by atoms with Gasteiger partial charge in [0.25, 0.3) is 0 Å². The van der Waals surface area contributed by atoms with E-state index in [0.717, 1.165) is 21.5 Å². The molecule has 0 heterocycles. The molecular formula is C56H79F3NP2Si2+. The minimum atomic E-state index is -4.54. The third-order valence-corrected chi connectivity index (χ3v) is 34.7. The van der Waals surface area contributed by atoms with Crippen molar-refractivity contribution in [3.8, 4) is 0 Å². The Morgan fingerprint density at radius 1 is 0.453 bits per heavy atom. The van der Waals surface area contributed by atoms with Crippen molar-refractivity contribution in [2.75, 3.05) is 0 Å². The molecular weight excluding hydrogens is 862 g/mol. The van der Waals surface area contributed by atoms with Crippen molar-refractivity contribution in [3.05, 3.63) is 145 Å². The lowest BCUT2D eigenvalue weighted by Crippen LogP contribution is -2.48. The lowest BCUT2D eigenvalue weighted by molar-refractivity contribution is -0.136. The molecule has 1 nitrogen and oxygen atoms in total. The second-order valence-corrected chi connectivity index (χ2v) is 34.9. The molecule has 0 radical (unpaired) electrons. The Kier molecular flexibility index (Phi) is 21.1. The number of benzene rings is 5. The van der Waals surface area contributed by atoms with Gasteiger partial charge in [0, 0.05) is 10.6 Å². The Balaban J connectivity index is 1.87. The number of halogens is 3. The first-order valence-electron chi connectivity index (χ1n) is 25.0. The second kappa shape index (κ2) is 25.9. The summed E-state index contributed by atoms with van der Waals surface area (Å²) in [6, 6.07) is 54.2. The third kappa shape index (κ3) is 13.0. The number of unbranched alkanes of at least 4 members (excludes halogenated alkanes) is 6. The Hall–Kier alpha value is -2.86. The summed E-state index contributed by atoms with van der Waals surface area (Å²) >= 11 is 0. The Morgan fingerprint density at radius 2 is 0.812 bits per heavy atom. The van der Waals surface area contributed by atoms with E-state index in [1.165, 1.54) is 130 Å². The van der Waals surface area contributed by atoms with E-state index < -0.39 is 42.6 Å². The first kappa shape index (κ1) is 52.1. The van der Waals surface area contributed by atoms with Gasteiger partial charge < -0.3 is 0 Å². The minimum absolute atomic E-state index is 0.388. The highest BCUT2D eigenvalue weighted by Crippen LogP contribution is 2.79. The van der Waals surface area contributed by atoms with E-state index in [0.29, 0.717) is 11.8 Å². The molecule has 0 spiro atoms. The van der Waals surface area contributed by atoms with Gasteiger partial charge in [0.1, 0.15) is 18.2 Å². The molecule has 1 unspecified atom stereocenters. The van der Waals surface area contributed by atoms with E-state index in [4.69, 9.17) is 0 Å². The van der Waals surface area contributed by atoms with E-state index in [-0.39, 0.29) is 0 Å². The Bertz CT molecular complexity index is 1940. The molecule has 0 aliphatic carbocycles. The van der Waals surface area contributed by atoms with Gasteiger partial charge in [0.2, 0.25) is 0 Å². The number of hydrogen-bond donors (Lipinski definition) is 1. The minimum Gasteiger partial charge on any atom is -0.176 e. The van der Waals surface area contributed by atoms with Crippen LogP contribution in [0.3, 0.4) is 0 Å². The maximum absolute atomic E-state index is 15.7. The fraction of sp³-hybridized carbons (Fsp3) is 0.464. The molecule has 5 aromatic rings. The first-order valence-corrected chi connectivity index (χ1v) is 34.1. The lowest BCUT2D eigenvalue weighted by atomic mass is 10.2. The normalized spacial score (nSPS) is 13.3. The average Bonchev–Trinajstić information content (AvgIpc) is 3.33. The van der Waals surface area contributed by atoms with Crippen LogP contribution in [-0.4, -0.2) is 16.1 Å². The number of nitrogens with one attached hydrogen (secondary N) is 1. The lowest BCUT2D eigenvalue weighted by Gasteiger charge is -2.37. The van der Waals surface area contributed by atoms with Gasteiger partial charge in [-0.2, -0.15) is 18.3 Å². The Labute approximate surface area is 390 Å². The van der Waals surface area contributed by atoms with E-state index >= 15 is 13.2 Å². The van der Waals surface area contributed by atoms with Crippen LogP contribution in [0.25, 0.3) is 0 Å². The van der Waals surface area contributed by atoms with Gasteiger partial charge in [-0.3, -0.25) is 0 Å². The van der Waals surface area contributed by atoms with Crippen molar-refractivity contribution < 1.29 is 13.2 Å². The molecule has 64 heavy (non-hydrogen) atoms. The maximum Gasteiger partial charge on any atom is 0.420 e. The largest absolute Gasteiger partial charge is 0.420 e. The molecule has 1 atom stereocenters. The summed E-state index contributed by atoms with van der Waals surface area (Å²) in [4.78, 5) is 0. The van der Waals surface area contributed by atoms with Crippen molar-refractivity contribution >= 4 is 62.5 Å². The highest BCUT2D eigenvalue weighted by Gasteiger charge is 2.57. The number of alkyl halides is 3. The zero-order chi connectivity index (χ0) is 45.9. The second-order valence-electron chi connectivity index (χ2n) is 18.4. The van der Waals surface area contributed by atoms with Gasteiger partial charge in [-0.1, -0.05) is 274 Å². The Morgan fingerprint density at radius 3 is 1.19 bits per heavy atom. The summed E-state index contributed by atoms with van der Waals surface area (Å²) in [5.74, 6) is 0. The molecule has 0 saturated carbocycles. The van der Waals surface area contributed by atoms with Crippen LogP contribution in [-0.2, 0) is 12.7 Å². The van der Waals surface area contributed by atoms with Gasteiger partial charge in [-0.05, 0) is 29.8 Å². The summed E-state index contributed by atoms with van der Waals surface area (Å²) in [6.07, 6.45) is 10.1. The highest BCUT2D eigenvalue weighted by molar-refractivity contribution is 8.49. The molecule has 0 saturated heterocycles. The monoisotopic (exact) mass is 941 g/mol. The molecule has 8 heteroatoms. The van der Waals surface area contributed by atoms with Gasteiger partial charge >= 0.3 is 6.18 Å². The molecule has 0 bridgehead atoms. The topological polar surface area (TPSA) is 12.0 Å². The summed E-state index contributed by atoms with van der Waals surface area (Å²) in [7, 11) is -8.28. The van der Waals surface area contributed by atoms with Crippen LogP contribution in [0.2, 0.25) is 36.3 Å². The third-order valence-electron chi connectivity index (χ3n) is 13.8. The molecule has 0 fully saturated rings. The van der Waals surface area contributed by atoms with E-state index in [9.17, 15) is 0 Å². The SMILES string of the molecule is CCCC[Si](CCCC)(CCCC)c1ccc(P(c2ccc([Si](CCCC)(CCCC)CCCC)cc2)[P+](NCc2ccccc2)(c2ccccc2)c2ccccc2C(F)(F)F)cc1. The summed E-state index contributed by atoms with van der Waals surface area (Å²) in [5, 5.41) is 10.8. The highest BCUT2D eigenvalue weighted by atomic mass is 32.1. The fourth-order valence-corrected chi connectivity index (χ4v) is 32.0. The predicted octanol–water partition coefficient (Wildman–Crippen LogP) is 15.5. The molecule has 0 amide bonds. The molecule has 5 aromatic carbocycles. The summed E-state index contributed by atoms with van der Waals surface area (Å²) in [6.45, 7) is 14.4. The summed E-state index contributed by atoms with van der Waals surface area (Å²) < 4.78 is 47.1. The fourth-order valence-electron chi connectivity index (χ4n) is 10.2. The molecule has 0 aliphatic rings. The quantitative estimate of drug-likeness (QED) is 0.0389. The molecule has 346 valence electrons. The smallest absolute Gasteiger partial charge is 0.176 e. The van der Waals surface area contributed by atoms with Crippen molar-refractivity contribution in [1.29, 1.82) is 0 Å². The molecule has 1 N–H and O–H groups in total. The summed E-state index contributed by atoms with van der Waals surface area (Å²) in [5.41, 5.74) is 0.522. The standard InChI is InChI=1S/C56H79F3NP2Si2/c1-7-13-41-63(42-14-8-2,43-15-9-3)52-37-33-49(34-38-52)61(50-35-39-53(40-36-50)64(44-16-10-4,45-17-11-5)46-18-12-6)62(51-29-23-20-24-30-51,60-47-48-27-21-19-22-28-48)55-32-26-25-31-54(55)56(57,58)59/h19-40,60H,7-18,41-47H2,1-6H3/q+1. The number of hydrogen-bond acceptors (Lipinski definition) is 1. The van der Waals surface area contributed by atoms with Gasteiger partial charge in [-0.15, -0.1) is 0 Å². The van der Waals surface area contributed by atoms with Crippen LogP contribution >= 0.6 is 14.7 Å². The van der Waals surface area contributed by atoms with Gasteiger partial charge in [0.15, 0.2) is 7.10 Å². The maximum atomic E-state index is 15.7. The van der Waals surface area contributed by atoms with Crippen LogP contribution in [0, 0.1) is 0 Å². The van der Waals surface area contributed by atoms with Crippen LogP contribution in [0.1, 0.15) is 130 Å². The zero-order valence-corrected chi connectivity index (χ0v) is 44.0. The van der Waals surface area contributed by atoms with E-state index in [1.54, 1.807) is 12.1 Å². The van der Waals surface area contributed by atoms with Crippen LogP contribution in [0.15, 0.2) is 133 Å². The van der Waals surface area contributed by atoms with Crippen molar-refractivity contribution in [2.45, 2.75) is 168 Å². The predicted molar refractivity (Wildman–Crippen MR) is 285 cm³/mol. The van der Waals surface area contributed by atoms with Crippen LogP contribution in [0.5, 0.6) is 0 Å². The molecule has 0 aliphatic heterocycles. The molecule has 0 aromatic heterocycles. The average molecular weight is 941 g/mol. The van der Waals surface area contributed by atoms with Gasteiger partial charge in [0.05, 0.1) is 28.3 Å². The van der Waals surface area contributed by atoms with Crippen LogP contribution < -0.4 is 36.7 Å². The van der Waals surface area contributed by atoms with Crippen LogP contribution in [0.4, 0.5) is 13.2 Å². The molecule has 5 rings (SSSR count). The zero-order valence-electron chi connectivity index (χ0n) is 40.2. The van der Waals surface area contributed by atoms with E-state index in [1.807, 2.05) is 42.5 Å². The number of rotatable bonds is 28. The van der Waals surface area contributed by atoms with E-state index in [2.05, 4.69) is 119 Å². The van der Waals surface area contributed by atoms with Crippen molar-refractivity contribution in [3.63, 3.8) is 0 Å². The van der Waals surface area contributed by atoms with Crippen molar-refractivity contribution in [1.82, 2.24) is 5.09 Å². The van der Waals surface area contributed by atoms with Crippen molar-refractivity contribution in [2.24, 2.45) is 0 Å².